The molecule has 5 heteroatoms. The fourth-order valence-corrected chi connectivity index (χ4v) is 3.49. The Kier molecular flexibility index (Phi) is 3.55. The van der Waals surface area contributed by atoms with Crippen LogP contribution in [0.25, 0.3) is 10.1 Å². The second kappa shape index (κ2) is 4.26. The number of thiophene rings is 1. The van der Waals surface area contributed by atoms with Crippen molar-refractivity contribution in [2.75, 3.05) is 0 Å². The fraction of sp³-hybridized carbons (Fsp3) is 0.273. The number of fused-ring (bicyclic) bond motifs is 1. The molecule has 1 heterocycles. The molecular formula is C11H10ClF3S. The molecule has 0 aliphatic rings. The molecule has 0 amide bonds. The normalized spacial score (nSPS) is 12.7. The molecule has 0 saturated heterocycles. The summed E-state index contributed by atoms with van der Waals surface area (Å²) in [5, 5.41) is 0.716. The highest BCUT2D eigenvalue weighted by molar-refractivity contribution is 7.38. The second-order valence-electron chi connectivity index (χ2n) is 3.55. The van der Waals surface area contributed by atoms with E-state index in [0.717, 1.165) is 5.56 Å². The predicted molar refractivity (Wildman–Crippen MR) is 57.2 cm³/mol. The van der Waals surface area contributed by atoms with Crippen molar-refractivity contribution in [3.63, 3.8) is 0 Å². The van der Waals surface area contributed by atoms with Gasteiger partial charge in [-0.25, -0.2) is 0 Å². The van der Waals surface area contributed by atoms with Crippen LogP contribution >= 0.6 is 10.5 Å². The van der Waals surface area contributed by atoms with Gasteiger partial charge >= 0.3 is 5.51 Å². The minimum absolute atomic E-state index is 0. The van der Waals surface area contributed by atoms with Crippen molar-refractivity contribution in [3.05, 3.63) is 34.7 Å². The third kappa shape index (κ3) is 2.18. The van der Waals surface area contributed by atoms with Crippen LogP contribution in [0.3, 0.4) is 0 Å². The lowest BCUT2D eigenvalue weighted by Gasteiger charge is -1.97. The maximum Gasteiger partial charge on any atom is 0.600 e. The van der Waals surface area contributed by atoms with E-state index in [1.165, 1.54) is 0 Å². The Hall–Kier alpha value is -0.740. The van der Waals surface area contributed by atoms with Gasteiger partial charge in [0.1, 0.15) is 0 Å². The monoisotopic (exact) mass is 266 g/mol. The van der Waals surface area contributed by atoms with Crippen LogP contribution in [0.1, 0.15) is 10.4 Å². The average Bonchev–Trinajstić information content (AvgIpc) is 2.38. The standard InChI is InChI=1S/C11H10F3S.ClH/c1-7-3-4-10-9(5-7)6-8(2)15(10)11(12,13)14;/h3-6H,1-2H3;1H/q+1;/p-1. The number of halogens is 4. The first-order valence-electron chi connectivity index (χ1n) is 4.49. The lowest BCUT2D eigenvalue weighted by Crippen LogP contribution is -3.00. The Morgan fingerprint density at radius 1 is 1.06 bits per heavy atom. The zero-order chi connectivity index (χ0) is 11.2. The average molecular weight is 267 g/mol. The van der Waals surface area contributed by atoms with E-state index < -0.39 is 16.0 Å². The van der Waals surface area contributed by atoms with E-state index in [4.69, 9.17) is 0 Å². The van der Waals surface area contributed by atoms with Gasteiger partial charge in [0.25, 0.3) is 0 Å². The van der Waals surface area contributed by atoms with Crippen molar-refractivity contribution in [2.24, 2.45) is 0 Å². The van der Waals surface area contributed by atoms with Crippen LogP contribution in [0.5, 0.6) is 0 Å². The smallest absolute Gasteiger partial charge is 0.600 e. The summed E-state index contributed by atoms with van der Waals surface area (Å²) >= 11 is 0. The van der Waals surface area contributed by atoms with E-state index in [-0.39, 0.29) is 12.4 Å². The Labute approximate surface area is 100 Å². The van der Waals surface area contributed by atoms with E-state index in [2.05, 4.69) is 0 Å². The summed E-state index contributed by atoms with van der Waals surface area (Å²) in [6.45, 7) is 3.43. The van der Waals surface area contributed by atoms with Gasteiger partial charge in [0.05, 0.1) is 10.5 Å². The number of benzene rings is 1. The van der Waals surface area contributed by atoms with Crippen LogP contribution in [0, 0.1) is 13.8 Å². The van der Waals surface area contributed by atoms with E-state index in [0.29, 0.717) is 15.0 Å². The summed E-state index contributed by atoms with van der Waals surface area (Å²) in [5.74, 6) is 0. The molecule has 0 bridgehead atoms. The minimum atomic E-state index is -4.15. The molecule has 0 spiro atoms. The summed E-state index contributed by atoms with van der Waals surface area (Å²) in [6, 6.07) is 6.77. The second-order valence-corrected chi connectivity index (χ2v) is 5.71. The summed E-state index contributed by atoms with van der Waals surface area (Å²) in [7, 11) is -1.71. The van der Waals surface area contributed by atoms with Crippen LogP contribution in [0.15, 0.2) is 24.3 Å². The molecule has 16 heavy (non-hydrogen) atoms. The molecule has 1 unspecified atom stereocenters. The summed E-state index contributed by atoms with van der Waals surface area (Å²) in [5.41, 5.74) is -3.16. The first kappa shape index (κ1) is 13.3. The first-order chi connectivity index (χ1) is 6.89. The van der Waals surface area contributed by atoms with Crippen LogP contribution < -0.4 is 12.4 Å². The van der Waals surface area contributed by atoms with Crippen molar-refractivity contribution in [1.82, 2.24) is 0 Å². The lowest BCUT2D eigenvalue weighted by atomic mass is 10.2. The van der Waals surface area contributed by atoms with Gasteiger partial charge in [0.2, 0.25) is 0 Å². The topological polar surface area (TPSA) is 0 Å². The van der Waals surface area contributed by atoms with Gasteiger partial charge in [-0.05, 0) is 19.1 Å². The predicted octanol–water partition coefficient (Wildman–Crippen LogP) is 1.69. The van der Waals surface area contributed by atoms with Gasteiger partial charge in [-0.15, -0.1) is 13.2 Å². The zero-order valence-corrected chi connectivity index (χ0v) is 10.3. The Morgan fingerprint density at radius 3 is 2.25 bits per heavy atom. The van der Waals surface area contributed by atoms with Crippen LogP contribution in [-0.2, 0) is 5.51 Å². The van der Waals surface area contributed by atoms with Crippen molar-refractivity contribution >= 4 is 20.6 Å². The summed E-state index contributed by atoms with van der Waals surface area (Å²) in [6.07, 6.45) is 0. The van der Waals surface area contributed by atoms with Crippen molar-refractivity contribution in [3.8, 4) is 0 Å². The molecule has 1 aromatic carbocycles. The van der Waals surface area contributed by atoms with Crippen molar-refractivity contribution in [2.45, 2.75) is 19.4 Å². The molecule has 1 atom stereocenters. The highest BCUT2D eigenvalue weighted by Crippen LogP contribution is 2.50. The number of rotatable bonds is 0. The Bertz CT molecular complexity index is 514. The largest absolute Gasteiger partial charge is 1.00 e. The zero-order valence-electron chi connectivity index (χ0n) is 8.73. The van der Waals surface area contributed by atoms with Gasteiger partial charge in [-0.2, -0.15) is 0 Å². The van der Waals surface area contributed by atoms with Gasteiger partial charge in [0, 0.05) is 18.4 Å². The highest BCUT2D eigenvalue weighted by Gasteiger charge is 2.46. The van der Waals surface area contributed by atoms with Crippen molar-refractivity contribution in [1.29, 1.82) is 0 Å². The van der Waals surface area contributed by atoms with Crippen LogP contribution in [0.2, 0.25) is 0 Å². The molecule has 1 aromatic heterocycles. The van der Waals surface area contributed by atoms with Crippen LogP contribution in [-0.4, -0.2) is 0 Å². The molecule has 0 saturated carbocycles. The molecular weight excluding hydrogens is 257 g/mol. The molecule has 0 fully saturated rings. The van der Waals surface area contributed by atoms with Crippen LogP contribution in [0.4, 0.5) is 13.2 Å². The molecule has 2 rings (SSSR count). The highest BCUT2D eigenvalue weighted by atomic mass is 35.5. The maximum atomic E-state index is 12.8. The van der Waals surface area contributed by atoms with E-state index in [9.17, 15) is 13.2 Å². The van der Waals surface area contributed by atoms with E-state index in [1.54, 1.807) is 31.2 Å². The molecule has 0 aliphatic heterocycles. The summed E-state index contributed by atoms with van der Waals surface area (Å²) in [4.78, 5) is 0.406. The van der Waals surface area contributed by atoms with Gasteiger partial charge < -0.3 is 12.4 Å². The number of aryl methyl sites for hydroxylation is 2. The van der Waals surface area contributed by atoms with E-state index >= 15 is 0 Å². The minimum Gasteiger partial charge on any atom is -1.00 e. The third-order valence-corrected chi connectivity index (χ3v) is 4.33. The van der Waals surface area contributed by atoms with Gasteiger partial charge in [0.15, 0.2) is 9.58 Å². The fourth-order valence-electron chi connectivity index (χ4n) is 1.73. The Balaban J connectivity index is 0.00000128. The molecule has 0 aliphatic carbocycles. The first-order valence-corrected chi connectivity index (χ1v) is 5.72. The van der Waals surface area contributed by atoms with Crippen molar-refractivity contribution < 1.29 is 25.6 Å². The number of hydrogen-bond acceptors (Lipinski definition) is 0. The molecule has 0 nitrogen and oxygen atoms in total. The molecule has 2 aromatic rings. The van der Waals surface area contributed by atoms with Gasteiger partial charge in [-0.3, -0.25) is 0 Å². The summed E-state index contributed by atoms with van der Waals surface area (Å²) < 4.78 is 38.7. The third-order valence-electron chi connectivity index (χ3n) is 2.30. The lowest BCUT2D eigenvalue weighted by molar-refractivity contribution is -0.0867. The number of alkyl halides is 3. The Morgan fingerprint density at radius 2 is 1.69 bits per heavy atom. The molecule has 0 radical (unpaired) electrons. The molecule has 0 N–H and O–H groups in total. The molecule has 88 valence electrons. The quantitative estimate of drug-likeness (QED) is 0.637. The SMILES string of the molecule is Cc1ccc2c(c1)cc(C)[s+]2C(F)(F)F.[Cl-]. The van der Waals surface area contributed by atoms with E-state index in [1.807, 2.05) is 6.92 Å². The maximum absolute atomic E-state index is 12.8. The van der Waals surface area contributed by atoms with Gasteiger partial charge in [-0.1, -0.05) is 11.6 Å². The number of hydrogen-bond donors (Lipinski definition) is 0.